The largest absolute Gasteiger partial charge is 0.377 e. The summed E-state index contributed by atoms with van der Waals surface area (Å²) < 4.78 is 0. The topological polar surface area (TPSA) is 92.7 Å². The molecule has 0 amide bonds. The first-order valence-electron chi connectivity index (χ1n) is 16.5. The van der Waals surface area contributed by atoms with E-state index in [1.807, 2.05) is 13.8 Å². The Hall–Kier alpha value is -4.28. The molecule has 0 bridgehead atoms. The van der Waals surface area contributed by atoms with Crippen LogP contribution in [-0.4, -0.2) is 97.0 Å². The van der Waals surface area contributed by atoms with Gasteiger partial charge >= 0.3 is 0 Å². The van der Waals surface area contributed by atoms with Crippen molar-refractivity contribution in [3.8, 4) is 0 Å². The fourth-order valence-corrected chi connectivity index (χ4v) is 7.34. The van der Waals surface area contributed by atoms with Crippen molar-refractivity contribution in [1.82, 2.24) is 24.8 Å². The second-order valence-electron chi connectivity index (χ2n) is 13.5. The molecule has 0 saturated carbocycles. The molecule has 2 saturated heterocycles. The van der Waals surface area contributed by atoms with E-state index in [0.29, 0.717) is 11.9 Å². The predicted molar refractivity (Wildman–Crippen MR) is 190 cm³/mol. The Labute approximate surface area is 272 Å². The average Bonchev–Trinajstić information content (AvgIpc) is 3.72. The van der Waals surface area contributed by atoms with Crippen LogP contribution in [0.3, 0.4) is 0 Å². The summed E-state index contributed by atoms with van der Waals surface area (Å²) in [6.45, 7) is 8.41. The number of aryl methyl sites for hydroxylation is 2. The molecule has 2 aromatic carbocycles. The minimum absolute atomic E-state index is 0.371. The quantitative estimate of drug-likeness (QED) is 0.299. The Bertz CT molecular complexity index is 1840. The van der Waals surface area contributed by atoms with E-state index in [0.717, 1.165) is 87.6 Å². The van der Waals surface area contributed by atoms with Crippen LogP contribution in [-0.2, 0) is 0 Å². The highest BCUT2D eigenvalue weighted by Gasteiger charge is 2.36. The molecule has 4 aromatic rings. The lowest BCUT2D eigenvalue weighted by molar-refractivity contribution is 0.215. The van der Waals surface area contributed by atoms with Crippen molar-refractivity contribution < 1.29 is 0 Å². The zero-order chi connectivity index (χ0) is 32.1. The zero-order valence-corrected chi connectivity index (χ0v) is 28.0. The number of fused-ring (bicyclic) bond motifs is 2. The van der Waals surface area contributed by atoms with E-state index in [1.54, 1.807) is 5.01 Å². The Balaban J connectivity index is 1.36. The van der Waals surface area contributed by atoms with E-state index in [4.69, 9.17) is 25.8 Å². The summed E-state index contributed by atoms with van der Waals surface area (Å²) in [5.74, 6) is 8.56. The fraction of sp³-hybridized carbons (Fsp3) is 0.444. The van der Waals surface area contributed by atoms with Crippen LogP contribution >= 0.6 is 0 Å². The van der Waals surface area contributed by atoms with E-state index in [9.17, 15) is 0 Å². The molecule has 5 heterocycles. The number of benzene rings is 2. The maximum absolute atomic E-state index is 7.08. The van der Waals surface area contributed by atoms with E-state index in [-0.39, 0.29) is 0 Å². The van der Waals surface area contributed by atoms with Gasteiger partial charge in [0.25, 0.3) is 0 Å². The Morgan fingerprint density at radius 2 is 1.41 bits per heavy atom. The van der Waals surface area contributed by atoms with Crippen molar-refractivity contribution in [2.75, 3.05) is 64.2 Å². The second-order valence-corrected chi connectivity index (χ2v) is 13.5. The van der Waals surface area contributed by atoms with Crippen molar-refractivity contribution in [1.29, 1.82) is 0 Å². The van der Waals surface area contributed by atoms with Crippen LogP contribution in [0.2, 0.25) is 0 Å². The van der Waals surface area contributed by atoms with Gasteiger partial charge in [0.15, 0.2) is 12.0 Å². The van der Waals surface area contributed by atoms with Gasteiger partial charge in [-0.1, -0.05) is 6.07 Å². The minimum atomic E-state index is -0.448. The molecule has 3 aliphatic heterocycles. The minimum Gasteiger partial charge on any atom is -0.377 e. The molecule has 10 nitrogen and oxygen atoms in total. The van der Waals surface area contributed by atoms with Crippen molar-refractivity contribution in [3.63, 3.8) is 0 Å². The number of aromatic nitrogens is 2. The number of hydrogen-bond acceptors (Lipinski definition) is 10. The zero-order valence-electron chi connectivity index (χ0n) is 28.0. The number of guanidine groups is 1. The van der Waals surface area contributed by atoms with E-state index < -0.39 is 6.17 Å². The molecule has 2 fully saturated rings. The van der Waals surface area contributed by atoms with Crippen LogP contribution < -0.4 is 15.6 Å². The van der Waals surface area contributed by atoms with E-state index in [1.165, 1.54) is 25.9 Å². The molecule has 10 heteroatoms. The van der Waals surface area contributed by atoms with Gasteiger partial charge in [-0.25, -0.2) is 10.8 Å². The Morgan fingerprint density at radius 1 is 0.783 bits per heavy atom. The lowest BCUT2D eigenvalue weighted by atomic mass is 10.0. The average molecular weight is 619 g/mol. The van der Waals surface area contributed by atoms with Crippen LogP contribution in [0, 0.1) is 13.8 Å². The molecule has 7 rings (SSSR count). The number of pyridine rings is 2. The van der Waals surface area contributed by atoms with Gasteiger partial charge in [-0.2, -0.15) is 4.99 Å². The van der Waals surface area contributed by atoms with Gasteiger partial charge in [0.1, 0.15) is 0 Å². The fourth-order valence-electron chi connectivity index (χ4n) is 7.34. The number of amidine groups is 1. The van der Waals surface area contributed by atoms with Gasteiger partial charge in [0.05, 0.1) is 11.0 Å². The van der Waals surface area contributed by atoms with E-state index >= 15 is 0 Å². The molecule has 1 unspecified atom stereocenters. The van der Waals surface area contributed by atoms with Crippen LogP contribution in [0.1, 0.15) is 54.4 Å². The number of hydrogen-bond donors (Lipinski definition) is 1. The van der Waals surface area contributed by atoms with Crippen molar-refractivity contribution >= 4 is 45.0 Å². The highest BCUT2D eigenvalue weighted by Crippen LogP contribution is 2.34. The molecule has 0 radical (unpaired) electrons. The molecule has 46 heavy (non-hydrogen) atoms. The number of anilines is 2. The summed E-state index contributed by atoms with van der Waals surface area (Å²) in [4.78, 5) is 29.5. The van der Waals surface area contributed by atoms with Crippen LogP contribution in [0.5, 0.6) is 0 Å². The SMILES string of the molecule is Cc1cc(N(C)C)c2cc(C3=NC(c4ccc5nc(C)cc(N(C)C)c5c4)N(N)C(N4CCC[C@H]4CN4CCCC4)=N3)ccc2n1. The third kappa shape index (κ3) is 5.64. The molecular weight excluding hydrogens is 572 g/mol. The summed E-state index contributed by atoms with van der Waals surface area (Å²) in [6.07, 6.45) is 4.39. The molecule has 0 spiro atoms. The lowest BCUT2D eigenvalue weighted by Crippen LogP contribution is -2.54. The number of rotatable bonds is 6. The third-order valence-electron chi connectivity index (χ3n) is 9.62. The Kier molecular flexibility index (Phi) is 8.02. The molecule has 240 valence electrons. The molecule has 2 N–H and O–H groups in total. The van der Waals surface area contributed by atoms with Crippen molar-refractivity contribution in [2.24, 2.45) is 15.8 Å². The molecule has 2 atom stereocenters. The predicted octanol–water partition coefficient (Wildman–Crippen LogP) is 5.08. The van der Waals surface area contributed by atoms with Gasteiger partial charge < -0.3 is 19.6 Å². The first kappa shape index (κ1) is 30.4. The highest BCUT2D eigenvalue weighted by molar-refractivity contribution is 6.10. The number of nitrogens with two attached hydrogens (primary N) is 1. The smallest absolute Gasteiger partial charge is 0.220 e. The molecule has 3 aliphatic rings. The lowest BCUT2D eigenvalue weighted by Gasteiger charge is -2.39. The Morgan fingerprint density at radius 3 is 2.07 bits per heavy atom. The second kappa shape index (κ2) is 12.1. The van der Waals surface area contributed by atoms with Gasteiger partial charge in [-0.05, 0) is 101 Å². The standard InChI is InChI=1S/C36H46N10/c1-23-18-32(42(3)4)28-20-25(11-13-30(28)38-23)34-40-35(26-12-14-31-29(21-26)33(43(5)6)19-24(2)39-31)46(37)36(41-34)45-17-9-10-27(45)22-44-15-7-8-16-44/h11-14,18-21,27,35H,7-10,15-17,22,37H2,1-6H3/t27-,35?/m0/s1. The third-order valence-corrected chi connectivity index (χ3v) is 9.62. The summed E-state index contributed by atoms with van der Waals surface area (Å²) in [5.41, 5.74) is 8.13. The number of nitrogens with zero attached hydrogens (tertiary/aromatic N) is 9. The van der Waals surface area contributed by atoms with Crippen molar-refractivity contribution in [2.45, 2.75) is 51.7 Å². The van der Waals surface area contributed by atoms with Gasteiger partial charge in [0.2, 0.25) is 5.96 Å². The highest BCUT2D eigenvalue weighted by atomic mass is 15.6. The van der Waals surface area contributed by atoms with Crippen LogP contribution in [0.4, 0.5) is 11.4 Å². The number of aliphatic imine (C=N–C) groups is 2. The summed E-state index contributed by atoms with van der Waals surface area (Å²) in [5, 5.41) is 3.95. The molecule has 0 aliphatic carbocycles. The van der Waals surface area contributed by atoms with Gasteiger partial charge in [-0.3, -0.25) is 15.0 Å². The number of hydrazine groups is 1. The maximum Gasteiger partial charge on any atom is 0.220 e. The van der Waals surface area contributed by atoms with Crippen LogP contribution in [0.15, 0.2) is 58.5 Å². The summed E-state index contributed by atoms with van der Waals surface area (Å²) >= 11 is 0. The summed E-state index contributed by atoms with van der Waals surface area (Å²) in [7, 11) is 8.29. The first-order chi connectivity index (χ1) is 22.2. The monoisotopic (exact) mass is 618 g/mol. The normalized spacial score (nSPS) is 20.5. The first-order valence-corrected chi connectivity index (χ1v) is 16.5. The number of likely N-dealkylation sites (tertiary alicyclic amines) is 2. The van der Waals surface area contributed by atoms with Crippen LogP contribution in [0.25, 0.3) is 21.8 Å². The maximum atomic E-state index is 7.08. The van der Waals surface area contributed by atoms with E-state index in [2.05, 4.69) is 96.3 Å². The summed E-state index contributed by atoms with van der Waals surface area (Å²) in [6, 6.07) is 17.4. The molecule has 2 aromatic heterocycles. The van der Waals surface area contributed by atoms with Crippen molar-refractivity contribution in [3.05, 3.63) is 71.0 Å². The van der Waals surface area contributed by atoms with Gasteiger partial charge in [-0.15, -0.1) is 0 Å². The molecular formula is C36H46N10. The van der Waals surface area contributed by atoms with Gasteiger partial charge in [0, 0.05) is 86.4 Å².